The predicted molar refractivity (Wildman–Crippen MR) is 67.9 cm³/mol. The Kier molecular flexibility index (Phi) is 3.43. The van der Waals surface area contributed by atoms with Gasteiger partial charge in [0.25, 0.3) is 0 Å². The average Bonchev–Trinajstić information content (AvgIpc) is 2.39. The lowest BCUT2D eigenvalue weighted by Crippen LogP contribution is -2.40. The summed E-state index contributed by atoms with van der Waals surface area (Å²) < 4.78 is 0. The minimum atomic E-state index is -0.967. The van der Waals surface area contributed by atoms with Gasteiger partial charge in [0, 0.05) is 5.56 Å². The van der Waals surface area contributed by atoms with Crippen molar-refractivity contribution >= 4 is 5.78 Å². The second-order valence-electron chi connectivity index (χ2n) is 4.74. The van der Waals surface area contributed by atoms with Crippen LogP contribution < -0.4 is 0 Å². The average molecular weight is 230 g/mol. The summed E-state index contributed by atoms with van der Waals surface area (Å²) >= 11 is 0. The molecule has 0 fully saturated rings. The van der Waals surface area contributed by atoms with E-state index in [1.165, 1.54) is 0 Å². The molecule has 2 unspecified atom stereocenters. The van der Waals surface area contributed by atoms with E-state index in [2.05, 4.69) is 0 Å². The highest BCUT2D eigenvalue weighted by Crippen LogP contribution is 2.31. The topological polar surface area (TPSA) is 37.3 Å². The van der Waals surface area contributed by atoms with E-state index in [0.29, 0.717) is 12.0 Å². The monoisotopic (exact) mass is 230 g/mol. The molecule has 1 aliphatic carbocycles. The van der Waals surface area contributed by atoms with E-state index in [1.807, 2.05) is 31.2 Å². The summed E-state index contributed by atoms with van der Waals surface area (Å²) in [5, 5.41) is 10.5. The quantitative estimate of drug-likeness (QED) is 0.640. The Morgan fingerprint density at radius 1 is 1.35 bits per heavy atom. The Morgan fingerprint density at radius 3 is 2.65 bits per heavy atom. The molecule has 1 aliphatic rings. The Hall–Kier alpha value is -1.41. The Morgan fingerprint density at radius 2 is 2.06 bits per heavy atom. The third-order valence-corrected chi connectivity index (χ3v) is 3.56. The second-order valence-corrected chi connectivity index (χ2v) is 4.74. The van der Waals surface area contributed by atoms with Crippen LogP contribution in [0.15, 0.2) is 42.5 Å². The van der Waals surface area contributed by atoms with E-state index in [9.17, 15) is 9.90 Å². The van der Waals surface area contributed by atoms with Crippen LogP contribution in [0.3, 0.4) is 0 Å². The standard InChI is InChI=1S/C15H18O2/c1-12(15(17)10-6-3-7-11-15)14(16)13-8-4-2-5-9-13/h2,4-6,8-10,12,17H,3,7,11H2,1H3. The molecule has 90 valence electrons. The van der Waals surface area contributed by atoms with Gasteiger partial charge in [-0.2, -0.15) is 0 Å². The molecule has 0 aromatic heterocycles. The Bertz CT molecular complexity index is 422. The van der Waals surface area contributed by atoms with Crippen LogP contribution in [0.25, 0.3) is 0 Å². The highest BCUT2D eigenvalue weighted by molar-refractivity contribution is 5.98. The first-order chi connectivity index (χ1) is 8.13. The van der Waals surface area contributed by atoms with Crippen LogP contribution in [0.4, 0.5) is 0 Å². The van der Waals surface area contributed by atoms with Gasteiger partial charge >= 0.3 is 0 Å². The zero-order valence-corrected chi connectivity index (χ0v) is 10.1. The number of ketones is 1. The van der Waals surface area contributed by atoms with Gasteiger partial charge in [0.2, 0.25) is 0 Å². The van der Waals surface area contributed by atoms with Gasteiger partial charge in [0.1, 0.15) is 0 Å². The van der Waals surface area contributed by atoms with Crippen molar-refractivity contribution in [3.63, 3.8) is 0 Å². The Labute approximate surface area is 102 Å². The van der Waals surface area contributed by atoms with Crippen molar-refractivity contribution in [3.8, 4) is 0 Å². The first-order valence-corrected chi connectivity index (χ1v) is 6.13. The number of hydrogen-bond donors (Lipinski definition) is 1. The third-order valence-electron chi connectivity index (χ3n) is 3.56. The highest BCUT2D eigenvalue weighted by atomic mass is 16.3. The molecular weight excluding hydrogens is 212 g/mol. The van der Waals surface area contributed by atoms with E-state index in [0.717, 1.165) is 12.8 Å². The number of hydrogen-bond acceptors (Lipinski definition) is 2. The van der Waals surface area contributed by atoms with E-state index < -0.39 is 5.60 Å². The molecule has 0 spiro atoms. The predicted octanol–water partition coefficient (Wildman–Crippen LogP) is 2.98. The largest absolute Gasteiger partial charge is 0.385 e. The highest BCUT2D eigenvalue weighted by Gasteiger charge is 2.36. The van der Waals surface area contributed by atoms with Crippen LogP contribution in [0, 0.1) is 5.92 Å². The zero-order chi connectivity index (χ0) is 12.3. The second kappa shape index (κ2) is 4.84. The van der Waals surface area contributed by atoms with Gasteiger partial charge in [-0.05, 0) is 19.3 Å². The lowest BCUT2D eigenvalue weighted by Gasteiger charge is -2.32. The Balaban J connectivity index is 2.20. The summed E-state index contributed by atoms with van der Waals surface area (Å²) in [4.78, 5) is 12.3. The molecule has 2 heteroatoms. The van der Waals surface area contributed by atoms with Crippen molar-refractivity contribution in [2.75, 3.05) is 0 Å². The van der Waals surface area contributed by atoms with E-state index in [1.54, 1.807) is 18.2 Å². The van der Waals surface area contributed by atoms with Crippen molar-refractivity contribution in [1.29, 1.82) is 0 Å². The van der Waals surface area contributed by atoms with Crippen molar-refractivity contribution < 1.29 is 9.90 Å². The van der Waals surface area contributed by atoms with Gasteiger partial charge in [-0.1, -0.05) is 49.4 Å². The summed E-state index contributed by atoms with van der Waals surface area (Å²) in [6.45, 7) is 1.81. The van der Waals surface area contributed by atoms with Gasteiger partial charge in [0.05, 0.1) is 11.5 Å². The maximum absolute atomic E-state index is 12.3. The van der Waals surface area contributed by atoms with E-state index in [-0.39, 0.29) is 11.7 Å². The SMILES string of the molecule is CC(C(=O)c1ccccc1)C1(O)C=CCCC1. The fraction of sp³-hybridized carbons (Fsp3) is 0.400. The summed E-state index contributed by atoms with van der Waals surface area (Å²) in [5.41, 5.74) is -0.294. The van der Waals surface area contributed by atoms with Crippen molar-refractivity contribution in [2.45, 2.75) is 31.8 Å². The molecule has 1 aromatic rings. The van der Waals surface area contributed by atoms with Gasteiger partial charge in [-0.3, -0.25) is 4.79 Å². The molecular formula is C15H18O2. The van der Waals surface area contributed by atoms with Gasteiger partial charge in [-0.25, -0.2) is 0 Å². The molecule has 0 bridgehead atoms. The summed E-state index contributed by atoms with van der Waals surface area (Å²) in [6.07, 6.45) is 6.37. The molecule has 1 aromatic carbocycles. The molecule has 0 heterocycles. The smallest absolute Gasteiger partial charge is 0.168 e. The summed E-state index contributed by atoms with van der Waals surface area (Å²) in [7, 11) is 0. The minimum absolute atomic E-state index is 0.0136. The van der Waals surface area contributed by atoms with Crippen molar-refractivity contribution in [1.82, 2.24) is 0 Å². The third kappa shape index (κ3) is 2.47. The maximum Gasteiger partial charge on any atom is 0.168 e. The van der Waals surface area contributed by atoms with Crippen LogP contribution in [-0.2, 0) is 0 Å². The van der Waals surface area contributed by atoms with Gasteiger partial charge in [0.15, 0.2) is 5.78 Å². The fourth-order valence-corrected chi connectivity index (χ4v) is 2.31. The minimum Gasteiger partial charge on any atom is -0.385 e. The normalized spacial score (nSPS) is 25.5. The number of rotatable bonds is 3. The molecule has 0 saturated carbocycles. The number of benzene rings is 1. The van der Waals surface area contributed by atoms with Gasteiger partial charge in [-0.15, -0.1) is 0 Å². The number of allylic oxidation sites excluding steroid dienone is 1. The number of aliphatic hydroxyl groups is 1. The van der Waals surface area contributed by atoms with Crippen LogP contribution >= 0.6 is 0 Å². The van der Waals surface area contributed by atoms with E-state index in [4.69, 9.17) is 0 Å². The zero-order valence-electron chi connectivity index (χ0n) is 10.1. The molecule has 0 aliphatic heterocycles. The van der Waals surface area contributed by atoms with E-state index >= 15 is 0 Å². The van der Waals surface area contributed by atoms with Crippen molar-refractivity contribution in [3.05, 3.63) is 48.0 Å². The molecule has 2 nitrogen and oxygen atoms in total. The molecule has 1 N–H and O–H groups in total. The summed E-state index contributed by atoms with van der Waals surface area (Å²) in [6, 6.07) is 9.18. The number of carbonyl (C=O) groups is 1. The number of carbonyl (C=O) groups excluding carboxylic acids is 1. The molecule has 2 rings (SSSR count). The maximum atomic E-state index is 12.3. The van der Waals surface area contributed by atoms with Crippen LogP contribution in [0.1, 0.15) is 36.5 Å². The van der Waals surface area contributed by atoms with Crippen LogP contribution in [0.2, 0.25) is 0 Å². The molecule has 0 saturated heterocycles. The molecule has 17 heavy (non-hydrogen) atoms. The number of Topliss-reactive ketones (excluding diaryl/α,β-unsaturated/α-hetero) is 1. The lowest BCUT2D eigenvalue weighted by molar-refractivity contribution is 0.0225. The van der Waals surface area contributed by atoms with Crippen molar-refractivity contribution in [2.24, 2.45) is 5.92 Å². The molecule has 0 amide bonds. The summed E-state index contributed by atoms with van der Waals surface area (Å²) in [5.74, 6) is -0.374. The molecule has 2 atom stereocenters. The first kappa shape index (κ1) is 12.1. The van der Waals surface area contributed by atoms with Gasteiger partial charge < -0.3 is 5.11 Å². The van der Waals surface area contributed by atoms with Crippen LogP contribution in [-0.4, -0.2) is 16.5 Å². The molecule has 0 radical (unpaired) electrons. The van der Waals surface area contributed by atoms with Crippen LogP contribution in [0.5, 0.6) is 0 Å². The fourth-order valence-electron chi connectivity index (χ4n) is 2.31. The first-order valence-electron chi connectivity index (χ1n) is 6.13. The lowest BCUT2D eigenvalue weighted by atomic mass is 9.77.